The van der Waals surface area contributed by atoms with Crippen molar-refractivity contribution in [1.82, 2.24) is 0 Å². The minimum atomic E-state index is -1.03. The van der Waals surface area contributed by atoms with Gasteiger partial charge in [-0.2, -0.15) is 0 Å². The molecule has 0 bridgehead atoms. The van der Waals surface area contributed by atoms with Gasteiger partial charge in [0.25, 0.3) is 0 Å². The average molecular weight is 440 g/mol. The topological polar surface area (TPSA) is 106 Å². The predicted octanol–water partition coefficient (Wildman–Crippen LogP) is 6.44. The third-order valence-corrected chi connectivity index (χ3v) is 5.05. The van der Waals surface area contributed by atoms with Crippen LogP contribution in [-0.2, 0) is 0 Å². The minimum absolute atomic E-state index is 0.141. The smallest absolute Gasteiger partial charge is 0.335 e. The molecule has 5 rings (SSSR count). The number of hydrogen-bond acceptors (Lipinski definition) is 5. The number of fused-ring (bicyclic) bond motifs is 1. The quantitative estimate of drug-likeness (QED) is 0.281. The van der Waals surface area contributed by atoms with Crippen LogP contribution < -0.4 is 14.2 Å². The molecule has 0 spiro atoms. The number of carboxylic acids is 2. The van der Waals surface area contributed by atoms with Crippen LogP contribution in [0.3, 0.4) is 0 Å². The maximum absolute atomic E-state index is 11.2. The molecule has 0 saturated carbocycles. The molecule has 0 aromatic heterocycles. The molecule has 0 radical (unpaired) electrons. The van der Waals surface area contributed by atoms with Crippen LogP contribution >= 0.6 is 0 Å². The van der Waals surface area contributed by atoms with Crippen molar-refractivity contribution in [2.24, 2.45) is 0 Å². The number of carbonyl (C=O) groups is 2. The molecular weight excluding hydrogens is 424 g/mol. The fourth-order valence-electron chi connectivity index (χ4n) is 3.35. The summed E-state index contributed by atoms with van der Waals surface area (Å²) in [4.78, 5) is 22.3. The minimum Gasteiger partial charge on any atom is -0.478 e. The van der Waals surface area contributed by atoms with E-state index in [1.807, 2.05) is 36.4 Å². The lowest BCUT2D eigenvalue weighted by Gasteiger charge is -2.15. The fourth-order valence-corrected chi connectivity index (χ4v) is 3.35. The number of ether oxygens (including phenoxy) is 3. The fraction of sp³-hybridized carbons (Fsp3) is 0. The molecular formula is C26H16O7. The SMILES string of the molecule is O=C(O)c1ccc(Oc2c(-c3ccccc3)cc3c(c2Oc2ccc(C(=O)O)cc2)O3)cc1. The first-order valence-electron chi connectivity index (χ1n) is 9.96. The van der Waals surface area contributed by atoms with Crippen molar-refractivity contribution in [3.8, 4) is 45.6 Å². The molecule has 0 atom stereocenters. The summed E-state index contributed by atoms with van der Waals surface area (Å²) in [5, 5.41) is 18.3. The van der Waals surface area contributed by atoms with Crippen molar-refractivity contribution in [3.63, 3.8) is 0 Å². The highest BCUT2D eigenvalue weighted by Crippen LogP contribution is 2.61. The Morgan fingerprint density at radius 2 is 1.18 bits per heavy atom. The first kappa shape index (κ1) is 20.1. The summed E-state index contributed by atoms with van der Waals surface area (Å²) in [6.07, 6.45) is 0. The number of rotatable bonds is 7. The van der Waals surface area contributed by atoms with E-state index in [0.29, 0.717) is 34.5 Å². The molecule has 33 heavy (non-hydrogen) atoms. The highest BCUT2D eigenvalue weighted by Gasteiger charge is 2.34. The molecule has 7 nitrogen and oxygen atoms in total. The van der Waals surface area contributed by atoms with Gasteiger partial charge in [0.05, 0.1) is 11.1 Å². The zero-order valence-corrected chi connectivity index (χ0v) is 17.0. The Morgan fingerprint density at radius 1 is 0.667 bits per heavy atom. The van der Waals surface area contributed by atoms with E-state index >= 15 is 0 Å². The summed E-state index contributed by atoms with van der Waals surface area (Å²) < 4.78 is 17.9. The van der Waals surface area contributed by atoms with Crippen LogP contribution in [0.2, 0.25) is 0 Å². The van der Waals surface area contributed by atoms with E-state index in [1.165, 1.54) is 24.3 Å². The van der Waals surface area contributed by atoms with Crippen LogP contribution in [0.5, 0.6) is 34.5 Å². The summed E-state index contributed by atoms with van der Waals surface area (Å²) >= 11 is 0. The summed E-state index contributed by atoms with van der Waals surface area (Å²) in [5.41, 5.74) is 1.89. The Balaban J connectivity index is 1.58. The molecule has 0 fully saturated rings. The zero-order chi connectivity index (χ0) is 22.9. The third-order valence-electron chi connectivity index (χ3n) is 5.05. The van der Waals surface area contributed by atoms with Gasteiger partial charge in [-0.05, 0) is 60.2 Å². The van der Waals surface area contributed by atoms with Gasteiger partial charge in [0, 0.05) is 5.56 Å². The Labute approximate surface area is 188 Å². The number of aromatic carboxylic acids is 2. The molecule has 0 saturated heterocycles. The van der Waals surface area contributed by atoms with Gasteiger partial charge in [-0.1, -0.05) is 30.3 Å². The number of hydrogen-bond donors (Lipinski definition) is 2. The summed E-state index contributed by atoms with van der Waals surface area (Å²) in [5.74, 6) is 0.682. The van der Waals surface area contributed by atoms with E-state index in [4.69, 9.17) is 24.4 Å². The van der Waals surface area contributed by atoms with Gasteiger partial charge in [0.2, 0.25) is 11.5 Å². The molecule has 4 aromatic carbocycles. The molecule has 4 aromatic rings. The van der Waals surface area contributed by atoms with Crippen LogP contribution in [0.4, 0.5) is 0 Å². The zero-order valence-electron chi connectivity index (χ0n) is 17.0. The Morgan fingerprint density at radius 3 is 1.70 bits per heavy atom. The second-order valence-electron chi connectivity index (χ2n) is 7.24. The Hall–Kier alpha value is -4.78. The second kappa shape index (κ2) is 8.05. The van der Waals surface area contributed by atoms with Crippen LogP contribution in [0, 0.1) is 0 Å². The van der Waals surface area contributed by atoms with Crippen LogP contribution in [0.15, 0.2) is 84.9 Å². The highest BCUT2D eigenvalue weighted by molar-refractivity contribution is 5.88. The summed E-state index contributed by atoms with van der Waals surface area (Å²) in [7, 11) is 0. The van der Waals surface area contributed by atoms with E-state index in [1.54, 1.807) is 24.3 Å². The first-order chi connectivity index (χ1) is 16.0. The lowest BCUT2D eigenvalue weighted by molar-refractivity contribution is 0.0686. The van der Waals surface area contributed by atoms with Gasteiger partial charge in [0.15, 0.2) is 11.5 Å². The largest absolute Gasteiger partial charge is 0.478 e. The third kappa shape index (κ3) is 4.07. The van der Waals surface area contributed by atoms with Gasteiger partial charge in [-0.3, -0.25) is 0 Å². The standard InChI is InChI=1S/C26H16O7/c27-25(28)16-6-10-18(11-7-16)31-22-20(15-4-2-1-3-5-15)14-21-23(33-21)24(22)32-19-12-8-17(9-13-19)26(29)30/h1-14H,(H,27,28)(H,29,30). The van der Waals surface area contributed by atoms with Crippen molar-refractivity contribution in [3.05, 3.63) is 96.1 Å². The van der Waals surface area contributed by atoms with Crippen molar-refractivity contribution in [1.29, 1.82) is 0 Å². The van der Waals surface area contributed by atoms with Crippen LogP contribution in [0.1, 0.15) is 20.7 Å². The number of carboxylic acid groups (broad SMARTS) is 2. The average Bonchev–Trinajstić information content (AvgIpc) is 3.61. The van der Waals surface area contributed by atoms with Crippen molar-refractivity contribution >= 4 is 11.9 Å². The van der Waals surface area contributed by atoms with Gasteiger partial charge in [0.1, 0.15) is 11.5 Å². The Kier molecular flexibility index (Phi) is 4.91. The molecule has 0 amide bonds. The number of benzene rings is 4. The van der Waals surface area contributed by atoms with Gasteiger partial charge in [-0.25, -0.2) is 9.59 Å². The molecule has 2 N–H and O–H groups in total. The van der Waals surface area contributed by atoms with Crippen molar-refractivity contribution < 1.29 is 34.0 Å². The molecule has 1 aliphatic rings. The van der Waals surface area contributed by atoms with E-state index in [2.05, 4.69) is 0 Å². The molecule has 0 unspecified atom stereocenters. The normalized spacial score (nSPS) is 11.2. The molecule has 1 heterocycles. The van der Waals surface area contributed by atoms with Gasteiger partial charge < -0.3 is 24.4 Å². The lowest BCUT2D eigenvalue weighted by Crippen LogP contribution is -1.97. The molecule has 162 valence electrons. The maximum atomic E-state index is 11.2. The molecule has 7 heteroatoms. The molecule has 1 aliphatic heterocycles. The van der Waals surface area contributed by atoms with E-state index in [9.17, 15) is 9.59 Å². The van der Waals surface area contributed by atoms with E-state index in [0.717, 1.165) is 11.1 Å². The van der Waals surface area contributed by atoms with Crippen molar-refractivity contribution in [2.75, 3.05) is 0 Å². The Bertz CT molecular complexity index is 1360. The van der Waals surface area contributed by atoms with Gasteiger partial charge >= 0.3 is 11.9 Å². The summed E-state index contributed by atoms with van der Waals surface area (Å²) in [6, 6.07) is 23.5. The monoisotopic (exact) mass is 440 g/mol. The predicted molar refractivity (Wildman–Crippen MR) is 119 cm³/mol. The maximum Gasteiger partial charge on any atom is 0.335 e. The summed E-state index contributed by atoms with van der Waals surface area (Å²) in [6.45, 7) is 0. The van der Waals surface area contributed by atoms with E-state index in [-0.39, 0.29) is 11.1 Å². The van der Waals surface area contributed by atoms with E-state index < -0.39 is 11.9 Å². The first-order valence-corrected chi connectivity index (χ1v) is 9.96. The highest BCUT2D eigenvalue weighted by atomic mass is 16.6. The van der Waals surface area contributed by atoms with Gasteiger partial charge in [-0.15, -0.1) is 0 Å². The van der Waals surface area contributed by atoms with Crippen LogP contribution in [-0.4, -0.2) is 22.2 Å². The van der Waals surface area contributed by atoms with Crippen LogP contribution in [0.25, 0.3) is 11.1 Å². The lowest BCUT2D eigenvalue weighted by atomic mass is 10.0. The molecule has 0 aliphatic carbocycles. The second-order valence-corrected chi connectivity index (χ2v) is 7.24. The van der Waals surface area contributed by atoms with Crippen molar-refractivity contribution in [2.45, 2.75) is 0 Å².